The van der Waals surface area contributed by atoms with E-state index >= 15 is 0 Å². The average molecular weight is 436 g/mol. The molecule has 0 amide bonds. The number of imidazole rings is 1. The van der Waals surface area contributed by atoms with E-state index in [-0.39, 0.29) is 18.2 Å². The number of H-pyrrole nitrogens is 1. The third-order valence-electron chi connectivity index (χ3n) is 4.63. The molecular formula is C24H19ClFN3O2. The highest BCUT2D eigenvalue weighted by molar-refractivity contribution is 5.85. The van der Waals surface area contributed by atoms with Crippen molar-refractivity contribution in [3.63, 3.8) is 0 Å². The SMILES string of the molecule is Cl.[C-]#[N+]c1ccc(COc2ccc(-c3cnc(-c4ccc(F)cc4)[nH]3)c(OC)c2)cc1. The normalized spacial score (nSPS) is 10.1. The maximum Gasteiger partial charge on any atom is 0.187 e. The molecule has 1 aromatic heterocycles. The second-order valence-electron chi connectivity index (χ2n) is 6.58. The Morgan fingerprint density at radius 1 is 1.03 bits per heavy atom. The highest BCUT2D eigenvalue weighted by Gasteiger charge is 2.12. The van der Waals surface area contributed by atoms with Gasteiger partial charge in [0.1, 0.15) is 29.7 Å². The standard InChI is InChI=1S/C24H18FN3O2.ClH/c1-26-19-9-3-16(4-10-19)15-30-20-11-12-21(23(13-20)29-2)22-14-27-24(28-22)17-5-7-18(25)8-6-17;/h3-14H,15H2,2H3,(H,27,28);1H. The number of aromatic nitrogens is 2. The van der Waals surface area contributed by atoms with Crippen LogP contribution in [0.3, 0.4) is 0 Å². The van der Waals surface area contributed by atoms with Crippen molar-refractivity contribution in [1.82, 2.24) is 9.97 Å². The van der Waals surface area contributed by atoms with Gasteiger partial charge in [0, 0.05) is 17.2 Å². The van der Waals surface area contributed by atoms with Crippen molar-refractivity contribution in [2.75, 3.05) is 7.11 Å². The Kier molecular flexibility index (Phi) is 6.91. The summed E-state index contributed by atoms with van der Waals surface area (Å²) in [5, 5.41) is 0. The average Bonchev–Trinajstić information content (AvgIpc) is 3.28. The van der Waals surface area contributed by atoms with E-state index in [0.29, 0.717) is 29.6 Å². The van der Waals surface area contributed by atoms with Gasteiger partial charge in [-0.05, 0) is 42.0 Å². The van der Waals surface area contributed by atoms with Crippen molar-refractivity contribution in [2.45, 2.75) is 6.61 Å². The van der Waals surface area contributed by atoms with Crippen LogP contribution in [0.15, 0.2) is 72.9 Å². The number of hydrogen-bond donors (Lipinski definition) is 1. The van der Waals surface area contributed by atoms with Crippen molar-refractivity contribution in [1.29, 1.82) is 0 Å². The van der Waals surface area contributed by atoms with Gasteiger partial charge >= 0.3 is 0 Å². The van der Waals surface area contributed by atoms with E-state index in [1.165, 1.54) is 12.1 Å². The van der Waals surface area contributed by atoms with Crippen LogP contribution < -0.4 is 9.47 Å². The zero-order valence-corrected chi connectivity index (χ0v) is 17.4. The molecule has 4 rings (SSSR count). The van der Waals surface area contributed by atoms with Crippen molar-refractivity contribution >= 4 is 18.1 Å². The molecular weight excluding hydrogens is 417 g/mol. The second-order valence-corrected chi connectivity index (χ2v) is 6.58. The smallest absolute Gasteiger partial charge is 0.187 e. The summed E-state index contributed by atoms with van der Waals surface area (Å²) in [6, 6.07) is 19.0. The Bertz CT molecular complexity index is 1200. The molecule has 0 aliphatic carbocycles. The summed E-state index contributed by atoms with van der Waals surface area (Å²) in [5.74, 6) is 1.67. The lowest BCUT2D eigenvalue weighted by molar-refractivity contribution is 0.304. The van der Waals surface area contributed by atoms with E-state index in [1.54, 1.807) is 37.6 Å². The van der Waals surface area contributed by atoms with Gasteiger partial charge in [0.2, 0.25) is 0 Å². The first-order valence-corrected chi connectivity index (χ1v) is 9.25. The van der Waals surface area contributed by atoms with Crippen LogP contribution in [-0.2, 0) is 6.61 Å². The molecule has 31 heavy (non-hydrogen) atoms. The second kappa shape index (κ2) is 9.79. The number of rotatable bonds is 6. The van der Waals surface area contributed by atoms with Crippen LogP contribution in [0, 0.1) is 12.4 Å². The fourth-order valence-corrected chi connectivity index (χ4v) is 3.03. The van der Waals surface area contributed by atoms with E-state index in [2.05, 4.69) is 14.8 Å². The zero-order valence-electron chi connectivity index (χ0n) is 16.6. The van der Waals surface area contributed by atoms with Crippen LogP contribution in [0.5, 0.6) is 11.5 Å². The molecule has 1 N–H and O–H groups in total. The Hall–Kier alpha value is -3.82. The summed E-state index contributed by atoms with van der Waals surface area (Å²) in [4.78, 5) is 11.0. The number of methoxy groups -OCH3 is 1. The minimum atomic E-state index is -0.287. The number of nitrogens with one attached hydrogen (secondary N) is 1. The van der Waals surface area contributed by atoms with Gasteiger partial charge in [-0.3, -0.25) is 0 Å². The van der Waals surface area contributed by atoms with Crippen molar-refractivity contribution in [2.24, 2.45) is 0 Å². The predicted octanol–water partition coefficient (Wildman–Crippen LogP) is 6.44. The fraction of sp³-hybridized carbons (Fsp3) is 0.0833. The molecule has 3 aromatic carbocycles. The minimum Gasteiger partial charge on any atom is -0.496 e. The van der Waals surface area contributed by atoms with Gasteiger partial charge < -0.3 is 14.5 Å². The summed E-state index contributed by atoms with van der Waals surface area (Å²) >= 11 is 0. The molecule has 5 nitrogen and oxygen atoms in total. The number of halogens is 2. The maximum absolute atomic E-state index is 13.1. The number of benzene rings is 3. The van der Waals surface area contributed by atoms with Gasteiger partial charge in [0.05, 0.1) is 25.6 Å². The first-order valence-electron chi connectivity index (χ1n) is 9.25. The molecule has 0 aliphatic heterocycles. The quantitative estimate of drug-likeness (QED) is 0.354. The highest BCUT2D eigenvalue weighted by Crippen LogP contribution is 2.33. The molecule has 1 heterocycles. The molecule has 0 aliphatic rings. The lowest BCUT2D eigenvalue weighted by atomic mass is 10.1. The highest BCUT2D eigenvalue weighted by atomic mass is 35.5. The van der Waals surface area contributed by atoms with Crippen molar-refractivity contribution in [3.8, 4) is 34.1 Å². The minimum absolute atomic E-state index is 0. The van der Waals surface area contributed by atoms with Crippen LogP contribution in [0.25, 0.3) is 27.5 Å². The molecule has 7 heteroatoms. The molecule has 0 fully saturated rings. The van der Waals surface area contributed by atoms with E-state index in [1.807, 2.05) is 30.3 Å². The Morgan fingerprint density at radius 3 is 2.45 bits per heavy atom. The van der Waals surface area contributed by atoms with Gasteiger partial charge in [-0.15, -0.1) is 12.4 Å². The van der Waals surface area contributed by atoms with Crippen LogP contribution >= 0.6 is 12.4 Å². The molecule has 0 saturated carbocycles. The molecule has 0 unspecified atom stereocenters. The first kappa shape index (κ1) is 21.9. The summed E-state index contributed by atoms with van der Waals surface area (Å²) in [6.45, 7) is 7.39. The molecule has 0 spiro atoms. The molecule has 4 aromatic rings. The fourth-order valence-electron chi connectivity index (χ4n) is 3.03. The molecule has 0 atom stereocenters. The summed E-state index contributed by atoms with van der Waals surface area (Å²) < 4.78 is 24.6. The Balaban J connectivity index is 0.00000272. The lowest BCUT2D eigenvalue weighted by Gasteiger charge is -2.11. The number of aromatic amines is 1. The van der Waals surface area contributed by atoms with Crippen molar-refractivity contribution in [3.05, 3.63) is 95.7 Å². The maximum atomic E-state index is 13.1. The largest absolute Gasteiger partial charge is 0.496 e. The number of ether oxygens (including phenoxy) is 2. The Morgan fingerprint density at radius 2 is 1.77 bits per heavy atom. The van der Waals surface area contributed by atoms with E-state index < -0.39 is 0 Å². The lowest BCUT2D eigenvalue weighted by Crippen LogP contribution is -1.96. The summed E-state index contributed by atoms with van der Waals surface area (Å²) in [7, 11) is 1.60. The van der Waals surface area contributed by atoms with Gasteiger partial charge in [0.15, 0.2) is 5.69 Å². The van der Waals surface area contributed by atoms with E-state index in [4.69, 9.17) is 16.0 Å². The van der Waals surface area contributed by atoms with Gasteiger partial charge in [-0.2, -0.15) is 0 Å². The summed E-state index contributed by atoms with van der Waals surface area (Å²) in [5.41, 5.74) is 4.00. The Labute approximate surface area is 185 Å². The van der Waals surface area contributed by atoms with Crippen molar-refractivity contribution < 1.29 is 13.9 Å². The third-order valence-corrected chi connectivity index (χ3v) is 4.63. The third kappa shape index (κ3) is 5.03. The number of hydrogen-bond acceptors (Lipinski definition) is 3. The van der Waals surface area contributed by atoms with E-state index in [0.717, 1.165) is 22.4 Å². The van der Waals surface area contributed by atoms with Crippen LogP contribution in [-0.4, -0.2) is 17.1 Å². The van der Waals surface area contributed by atoms with Gasteiger partial charge in [-0.25, -0.2) is 14.2 Å². The summed E-state index contributed by atoms with van der Waals surface area (Å²) in [6.07, 6.45) is 1.72. The molecule has 0 bridgehead atoms. The van der Waals surface area contributed by atoms with E-state index in [9.17, 15) is 4.39 Å². The number of nitrogens with zero attached hydrogens (tertiary/aromatic N) is 2. The monoisotopic (exact) mass is 435 g/mol. The molecule has 0 radical (unpaired) electrons. The molecule has 156 valence electrons. The van der Waals surface area contributed by atoms with Crippen LogP contribution in [0.4, 0.5) is 10.1 Å². The topological polar surface area (TPSA) is 51.5 Å². The predicted molar refractivity (Wildman–Crippen MR) is 120 cm³/mol. The zero-order chi connectivity index (χ0) is 20.9. The first-order chi connectivity index (χ1) is 14.7. The molecule has 0 saturated heterocycles. The van der Waals surface area contributed by atoms with Crippen LogP contribution in [0.2, 0.25) is 0 Å². The van der Waals surface area contributed by atoms with Gasteiger partial charge in [0.25, 0.3) is 0 Å². The van der Waals surface area contributed by atoms with Gasteiger partial charge in [-0.1, -0.05) is 24.3 Å². The van der Waals surface area contributed by atoms with Crippen LogP contribution in [0.1, 0.15) is 5.56 Å².